The third-order valence-electron chi connectivity index (χ3n) is 4.50. The van der Waals surface area contributed by atoms with E-state index in [1.54, 1.807) is 6.20 Å². The van der Waals surface area contributed by atoms with E-state index in [9.17, 15) is 9.59 Å². The Morgan fingerprint density at radius 3 is 2.65 bits per heavy atom. The molecule has 2 fully saturated rings. The molecule has 1 aliphatic heterocycles. The zero-order chi connectivity index (χ0) is 16.2. The van der Waals surface area contributed by atoms with Crippen LogP contribution in [0.2, 0.25) is 0 Å². The van der Waals surface area contributed by atoms with E-state index in [0.717, 1.165) is 31.2 Å². The fraction of sp³-hybridized carbons (Fsp3) is 0.588. The van der Waals surface area contributed by atoms with Gasteiger partial charge in [0.25, 0.3) is 0 Å². The zero-order valence-corrected chi connectivity index (χ0v) is 13.4. The van der Waals surface area contributed by atoms with Crippen molar-refractivity contribution < 1.29 is 14.3 Å². The van der Waals surface area contributed by atoms with Gasteiger partial charge in [-0.15, -0.1) is 0 Å². The summed E-state index contributed by atoms with van der Waals surface area (Å²) in [5, 5.41) is 5.75. The Bertz CT molecular complexity index is 565. The fourth-order valence-electron chi connectivity index (χ4n) is 3.13. The van der Waals surface area contributed by atoms with Crippen molar-refractivity contribution in [3.63, 3.8) is 0 Å². The standard InChI is InChI=1S/C17H23N3O3/c1-11-2-9-16(18-10-11)23-13-5-3-12(4-6-13)19-17(22)14-7-8-15(21)20-14/h2,9-10,12-14H,3-8H2,1H3,(H,19,22)(H,20,21). The zero-order valence-electron chi connectivity index (χ0n) is 13.4. The van der Waals surface area contributed by atoms with Gasteiger partial charge in [-0.3, -0.25) is 9.59 Å². The van der Waals surface area contributed by atoms with Crippen molar-refractivity contribution in [2.45, 2.75) is 63.6 Å². The van der Waals surface area contributed by atoms with E-state index in [-0.39, 0.29) is 30.0 Å². The third-order valence-corrected chi connectivity index (χ3v) is 4.50. The van der Waals surface area contributed by atoms with Crippen LogP contribution in [0, 0.1) is 6.92 Å². The number of carbonyl (C=O) groups excluding carboxylic acids is 2. The van der Waals surface area contributed by atoms with Crippen molar-refractivity contribution in [2.75, 3.05) is 0 Å². The first-order valence-corrected chi connectivity index (χ1v) is 8.29. The number of carbonyl (C=O) groups is 2. The van der Waals surface area contributed by atoms with Crippen molar-refractivity contribution >= 4 is 11.8 Å². The average Bonchev–Trinajstić information content (AvgIpc) is 2.98. The smallest absolute Gasteiger partial charge is 0.242 e. The van der Waals surface area contributed by atoms with E-state index in [2.05, 4.69) is 15.6 Å². The summed E-state index contributed by atoms with van der Waals surface area (Å²) in [7, 11) is 0. The summed E-state index contributed by atoms with van der Waals surface area (Å²) in [4.78, 5) is 27.5. The lowest BCUT2D eigenvalue weighted by Crippen LogP contribution is -2.47. The molecule has 23 heavy (non-hydrogen) atoms. The number of rotatable bonds is 4. The van der Waals surface area contributed by atoms with Gasteiger partial charge < -0.3 is 15.4 Å². The molecule has 2 heterocycles. The van der Waals surface area contributed by atoms with Crippen molar-refractivity contribution in [3.8, 4) is 5.88 Å². The highest BCUT2D eigenvalue weighted by Crippen LogP contribution is 2.23. The summed E-state index contributed by atoms with van der Waals surface area (Å²) in [6.07, 6.45) is 6.59. The topological polar surface area (TPSA) is 80.3 Å². The molecule has 1 saturated heterocycles. The molecule has 0 bridgehead atoms. The predicted octanol–water partition coefficient (Wildman–Crippen LogP) is 1.47. The minimum Gasteiger partial charge on any atom is -0.474 e. The van der Waals surface area contributed by atoms with Crippen LogP contribution in [0.15, 0.2) is 18.3 Å². The van der Waals surface area contributed by atoms with Gasteiger partial charge in [0.05, 0.1) is 0 Å². The van der Waals surface area contributed by atoms with Crippen LogP contribution >= 0.6 is 0 Å². The Labute approximate surface area is 136 Å². The van der Waals surface area contributed by atoms with Gasteiger partial charge in [-0.05, 0) is 44.6 Å². The van der Waals surface area contributed by atoms with Crippen LogP contribution in [-0.2, 0) is 9.59 Å². The molecule has 1 saturated carbocycles. The third kappa shape index (κ3) is 4.21. The molecule has 1 aliphatic carbocycles. The van der Waals surface area contributed by atoms with Crippen LogP contribution in [0.5, 0.6) is 5.88 Å². The highest BCUT2D eigenvalue weighted by molar-refractivity contribution is 5.90. The van der Waals surface area contributed by atoms with Gasteiger partial charge in [0.2, 0.25) is 17.7 Å². The molecule has 6 nitrogen and oxygen atoms in total. The summed E-state index contributed by atoms with van der Waals surface area (Å²) in [6.45, 7) is 2.00. The first-order valence-electron chi connectivity index (χ1n) is 8.29. The normalized spacial score (nSPS) is 27.3. The van der Waals surface area contributed by atoms with Gasteiger partial charge in [0.1, 0.15) is 12.1 Å². The molecule has 124 valence electrons. The van der Waals surface area contributed by atoms with E-state index in [4.69, 9.17) is 4.74 Å². The van der Waals surface area contributed by atoms with E-state index >= 15 is 0 Å². The number of hydrogen-bond donors (Lipinski definition) is 2. The molecule has 1 unspecified atom stereocenters. The molecule has 2 N–H and O–H groups in total. The van der Waals surface area contributed by atoms with E-state index < -0.39 is 0 Å². The van der Waals surface area contributed by atoms with Crippen LogP contribution in [0.25, 0.3) is 0 Å². The lowest BCUT2D eigenvalue weighted by Gasteiger charge is -2.29. The fourth-order valence-corrected chi connectivity index (χ4v) is 3.13. The van der Waals surface area contributed by atoms with E-state index in [1.807, 2.05) is 19.1 Å². The highest BCUT2D eigenvalue weighted by Gasteiger charge is 2.30. The summed E-state index contributed by atoms with van der Waals surface area (Å²) in [5.74, 6) is 0.574. The van der Waals surface area contributed by atoms with Gasteiger partial charge in [0.15, 0.2) is 0 Å². The molecule has 2 aliphatic rings. The molecule has 0 radical (unpaired) electrons. The van der Waals surface area contributed by atoms with E-state index in [0.29, 0.717) is 18.7 Å². The average molecular weight is 317 g/mol. The molecule has 6 heteroatoms. The first-order chi connectivity index (χ1) is 11.1. The molecular formula is C17H23N3O3. The molecule has 1 aromatic rings. The predicted molar refractivity (Wildman–Crippen MR) is 85.0 cm³/mol. The van der Waals surface area contributed by atoms with Crippen molar-refractivity contribution in [1.29, 1.82) is 0 Å². The maximum atomic E-state index is 12.1. The number of amides is 2. The van der Waals surface area contributed by atoms with Gasteiger partial charge in [-0.25, -0.2) is 4.98 Å². The van der Waals surface area contributed by atoms with Gasteiger partial charge in [0, 0.05) is 24.7 Å². The Kier molecular flexibility index (Phi) is 4.79. The molecule has 2 amide bonds. The Morgan fingerprint density at radius 2 is 2.04 bits per heavy atom. The molecular weight excluding hydrogens is 294 g/mol. The van der Waals surface area contributed by atoms with Crippen molar-refractivity contribution in [1.82, 2.24) is 15.6 Å². The van der Waals surface area contributed by atoms with Crippen molar-refractivity contribution in [3.05, 3.63) is 23.9 Å². The summed E-state index contributed by atoms with van der Waals surface area (Å²) in [6, 6.07) is 3.70. The molecule has 3 rings (SSSR count). The number of aryl methyl sites for hydroxylation is 1. The van der Waals surface area contributed by atoms with Gasteiger partial charge >= 0.3 is 0 Å². The Balaban J connectivity index is 1.42. The number of nitrogens with zero attached hydrogens (tertiary/aromatic N) is 1. The maximum Gasteiger partial charge on any atom is 0.242 e. The Morgan fingerprint density at radius 1 is 1.26 bits per heavy atom. The highest BCUT2D eigenvalue weighted by atomic mass is 16.5. The molecule has 1 atom stereocenters. The number of hydrogen-bond acceptors (Lipinski definition) is 4. The van der Waals surface area contributed by atoms with Crippen LogP contribution in [-0.4, -0.2) is 35.0 Å². The van der Waals surface area contributed by atoms with Crippen LogP contribution in [0.1, 0.15) is 44.1 Å². The first kappa shape index (κ1) is 15.8. The summed E-state index contributed by atoms with van der Waals surface area (Å²) in [5.41, 5.74) is 1.11. The second-order valence-corrected chi connectivity index (χ2v) is 6.43. The van der Waals surface area contributed by atoms with Gasteiger partial charge in [-0.2, -0.15) is 0 Å². The van der Waals surface area contributed by atoms with Crippen molar-refractivity contribution in [2.24, 2.45) is 0 Å². The van der Waals surface area contributed by atoms with E-state index in [1.165, 1.54) is 0 Å². The largest absolute Gasteiger partial charge is 0.474 e. The van der Waals surface area contributed by atoms with Gasteiger partial charge in [-0.1, -0.05) is 6.07 Å². The number of nitrogens with one attached hydrogen (secondary N) is 2. The summed E-state index contributed by atoms with van der Waals surface area (Å²) < 4.78 is 5.90. The second-order valence-electron chi connectivity index (χ2n) is 6.43. The minimum atomic E-state index is -0.353. The minimum absolute atomic E-state index is 0.0344. The Hall–Kier alpha value is -2.11. The SMILES string of the molecule is Cc1ccc(OC2CCC(NC(=O)C3CCC(=O)N3)CC2)nc1. The van der Waals surface area contributed by atoms with Crippen LogP contribution in [0.4, 0.5) is 0 Å². The molecule has 1 aromatic heterocycles. The molecule has 0 aromatic carbocycles. The molecule has 0 spiro atoms. The maximum absolute atomic E-state index is 12.1. The second kappa shape index (κ2) is 6.98. The lowest BCUT2D eigenvalue weighted by molar-refractivity contribution is -0.126. The van der Waals surface area contributed by atoms with Crippen LogP contribution < -0.4 is 15.4 Å². The number of aromatic nitrogens is 1. The quantitative estimate of drug-likeness (QED) is 0.881. The number of pyridine rings is 1. The monoisotopic (exact) mass is 317 g/mol. The van der Waals surface area contributed by atoms with Crippen LogP contribution in [0.3, 0.4) is 0 Å². The lowest BCUT2D eigenvalue weighted by atomic mass is 9.92. The number of ether oxygens (including phenoxy) is 1. The summed E-state index contributed by atoms with van der Waals surface area (Å²) >= 11 is 0.